The Balaban J connectivity index is 1.74. The predicted octanol–water partition coefficient (Wildman–Crippen LogP) is 3.00. The summed E-state index contributed by atoms with van der Waals surface area (Å²) in [7, 11) is 0. The van der Waals surface area contributed by atoms with Crippen LogP contribution in [-0.2, 0) is 0 Å². The van der Waals surface area contributed by atoms with E-state index in [9.17, 15) is 0 Å². The van der Waals surface area contributed by atoms with Crippen molar-refractivity contribution in [3.8, 4) is 0 Å². The number of hydrogen-bond acceptors (Lipinski definition) is 0. The third-order valence-corrected chi connectivity index (χ3v) is 2.46. The van der Waals surface area contributed by atoms with Crippen molar-refractivity contribution in [2.24, 2.45) is 5.92 Å². The van der Waals surface area contributed by atoms with Crippen LogP contribution in [0.5, 0.6) is 0 Å². The Morgan fingerprint density at radius 3 is 2.50 bits per heavy atom. The molecule has 0 N–H and O–H groups in total. The van der Waals surface area contributed by atoms with Crippen LogP contribution in [0.3, 0.4) is 0 Å². The van der Waals surface area contributed by atoms with E-state index in [0.29, 0.717) is 0 Å². The molecule has 0 heterocycles. The highest BCUT2D eigenvalue weighted by atomic mass is 127. The number of hydrogen-bond donors (Lipinski definition) is 0. The van der Waals surface area contributed by atoms with Crippen molar-refractivity contribution < 1.29 is 0 Å². The third-order valence-electron chi connectivity index (χ3n) is 1.69. The quantitative estimate of drug-likeness (QED) is 0.391. The fraction of sp³-hybridized carbons (Fsp3) is 1.00. The Kier molecular flexibility index (Phi) is 3.16. The van der Waals surface area contributed by atoms with Crippen LogP contribution in [0.4, 0.5) is 0 Å². The van der Waals surface area contributed by atoms with E-state index < -0.39 is 0 Å². The predicted molar refractivity (Wildman–Crippen MR) is 45.5 cm³/mol. The Morgan fingerprint density at radius 1 is 1.25 bits per heavy atom. The average Bonchev–Trinajstić information content (AvgIpc) is 2.51. The van der Waals surface area contributed by atoms with Crippen molar-refractivity contribution in [3.05, 3.63) is 0 Å². The summed E-state index contributed by atoms with van der Waals surface area (Å²) in [6, 6.07) is 0. The molecule has 0 unspecified atom stereocenters. The molecule has 0 aromatic rings. The summed E-state index contributed by atoms with van der Waals surface area (Å²) in [5.41, 5.74) is 0. The van der Waals surface area contributed by atoms with E-state index in [1.165, 1.54) is 36.5 Å². The van der Waals surface area contributed by atoms with Gasteiger partial charge in [-0.3, -0.25) is 0 Å². The van der Waals surface area contributed by atoms with Crippen molar-refractivity contribution in [3.63, 3.8) is 0 Å². The Morgan fingerprint density at radius 2 is 2.00 bits per heavy atom. The van der Waals surface area contributed by atoms with Crippen LogP contribution in [0.15, 0.2) is 0 Å². The van der Waals surface area contributed by atoms with E-state index >= 15 is 0 Å². The lowest BCUT2D eigenvalue weighted by Crippen LogP contribution is -1.77. The van der Waals surface area contributed by atoms with Crippen LogP contribution in [0.25, 0.3) is 0 Å². The smallest absolute Gasteiger partial charge is 0.000473 e. The summed E-state index contributed by atoms with van der Waals surface area (Å²) >= 11 is 2.45. The van der Waals surface area contributed by atoms with Gasteiger partial charge in [0.2, 0.25) is 0 Å². The minimum atomic E-state index is 1.15. The molecule has 1 fully saturated rings. The highest BCUT2D eigenvalue weighted by Gasteiger charge is 2.19. The molecule has 0 aromatic heterocycles. The van der Waals surface area contributed by atoms with E-state index in [2.05, 4.69) is 22.6 Å². The second-order valence-electron chi connectivity index (χ2n) is 2.63. The molecule has 0 nitrogen and oxygen atoms in total. The van der Waals surface area contributed by atoms with Gasteiger partial charge in [0.15, 0.2) is 0 Å². The van der Waals surface area contributed by atoms with Crippen molar-refractivity contribution in [2.75, 3.05) is 4.43 Å². The van der Waals surface area contributed by atoms with E-state index in [-0.39, 0.29) is 0 Å². The molecule has 48 valence electrons. The van der Waals surface area contributed by atoms with Crippen molar-refractivity contribution in [2.45, 2.75) is 32.1 Å². The summed E-state index contributed by atoms with van der Waals surface area (Å²) < 4.78 is 1.35. The zero-order valence-corrected chi connectivity index (χ0v) is 7.36. The Labute approximate surface area is 65.2 Å². The Hall–Kier alpha value is 0.730. The van der Waals surface area contributed by atoms with Crippen molar-refractivity contribution in [1.82, 2.24) is 0 Å². The summed E-state index contributed by atoms with van der Waals surface area (Å²) in [5.74, 6) is 1.15. The van der Waals surface area contributed by atoms with Gasteiger partial charge in [-0.15, -0.1) is 0 Å². The fourth-order valence-electron chi connectivity index (χ4n) is 0.934. The molecule has 0 radical (unpaired) electrons. The molecule has 1 heteroatoms. The first-order valence-electron chi connectivity index (χ1n) is 3.49. The fourth-order valence-corrected chi connectivity index (χ4v) is 1.47. The second-order valence-corrected chi connectivity index (χ2v) is 3.71. The number of rotatable bonds is 4. The first-order chi connectivity index (χ1) is 3.93. The van der Waals surface area contributed by atoms with Gasteiger partial charge in [-0.25, -0.2) is 0 Å². The minimum Gasteiger partial charge on any atom is -0.0864 e. The van der Waals surface area contributed by atoms with Crippen LogP contribution in [-0.4, -0.2) is 4.43 Å². The molecule has 1 rings (SSSR count). The SMILES string of the molecule is ICCCCC1CC1. The van der Waals surface area contributed by atoms with Crippen molar-refractivity contribution >= 4 is 22.6 Å². The van der Waals surface area contributed by atoms with Crippen LogP contribution in [0, 0.1) is 5.92 Å². The molecule has 1 aliphatic carbocycles. The maximum Gasteiger partial charge on any atom is -0.000473 e. The summed E-state index contributed by atoms with van der Waals surface area (Å²) in [6.45, 7) is 0. The molecule has 0 spiro atoms. The summed E-state index contributed by atoms with van der Waals surface area (Å²) in [6.07, 6.45) is 7.50. The van der Waals surface area contributed by atoms with Gasteiger partial charge in [0.25, 0.3) is 0 Å². The molecule has 0 atom stereocenters. The average molecular weight is 224 g/mol. The molecule has 0 bridgehead atoms. The lowest BCUT2D eigenvalue weighted by Gasteiger charge is -1.91. The maximum atomic E-state index is 2.45. The van der Waals surface area contributed by atoms with Gasteiger partial charge < -0.3 is 0 Å². The lowest BCUT2D eigenvalue weighted by molar-refractivity contribution is 0.661. The van der Waals surface area contributed by atoms with Gasteiger partial charge in [-0.1, -0.05) is 48.3 Å². The normalized spacial score (nSPS) is 19.1. The first kappa shape index (κ1) is 6.84. The zero-order chi connectivity index (χ0) is 5.82. The number of unbranched alkanes of at least 4 members (excludes halogenated alkanes) is 1. The molecule has 8 heavy (non-hydrogen) atoms. The molecule has 0 aliphatic heterocycles. The van der Waals surface area contributed by atoms with Gasteiger partial charge in [-0.05, 0) is 16.8 Å². The largest absolute Gasteiger partial charge is 0.0864 e. The molecule has 1 aliphatic rings. The van der Waals surface area contributed by atoms with Gasteiger partial charge in [-0.2, -0.15) is 0 Å². The maximum absolute atomic E-state index is 2.45. The van der Waals surface area contributed by atoms with Crippen LogP contribution in [0.1, 0.15) is 32.1 Å². The lowest BCUT2D eigenvalue weighted by atomic mass is 10.2. The van der Waals surface area contributed by atoms with E-state index in [1.807, 2.05) is 0 Å². The summed E-state index contributed by atoms with van der Waals surface area (Å²) in [5, 5.41) is 0. The summed E-state index contributed by atoms with van der Waals surface area (Å²) in [4.78, 5) is 0. The number of halogens is 1. The van der Waals surface area contributed by atoms with Gasteiger partial charge in [0.1, 0.15) is 0 Å². The van der Waals surface area contributed by atoms with Gasteiger partial charge >= 0.3 is 0 Å². The molecule has 0 aromatic carbocycles. The molecule has 0 amide bonds. The minimum absolute atomic E-state index is 1.15. The van der Waals surface area contributed by atoms with Crippen LogP contribution in [0.2, 0.25) is 0 Å². The van der Waals surface area contributed by atoms with E-state index in [0.717, 1.165) is 5.92 Å². The first-order valence-corrected chi connectivity index (χ1v) is 5.02. The zero-order valence-electron chi connectivity index (χ0n) is 5.20. The molecular weight excluding hydrogens is 211 g/mol. The molecular formula is C7H13I. The standard InChI is InChI=1S/C7H13I/c8-6-2-1-3-7-4-5-7/h7H,1-6H2. The van der Waals surface area contributed by atoms with Crippen molar-refractivity contribution in [1.29, 1.82) is 0 Å². The third kappa shape index (κ3) is 2.90. The second kappa shape index (κ2) is 3.70. The highest BCUT2D eigenvalue weighted by molar-refractivity contribution is 14.1. The van der Waals surface area contributed by atoms with Crippen LogP contribution < -0.4 is 0 Å². The highest BCUT2D eigenvalue weighted by Crippen LogP contribution is 2.33. The molecule has 0 saturated heterocycles. The van der Waals surface area contributed by atoms with Gasteiger partial charge in [0, 0.05) is 0 Å². The number of alkyl halides is 1. The topological polar surface area (TPSA) is 0 Å². The molecule has 1 saturated carbocycles. The Bertz CT molecular complexity index is 57.4. The van der Waals surface area contributed by atoms with E-state index in [1.54, 1.807) is 0 Å². The van der Waals surface area contributed by atoms with E-state index in [4.69, 9.17) is 0 Å². The van der Waals surface area contributed by atoms with Crippen LogP contribution >= 0.6 is 22.6 Å². The van der Waals surface area contributed by atoms with Gasteiger partial charge in [0.05, 0.1) is 0 Å². The monoisotopic (exact) mass is 224 g/mol.